The molecule has 1 amide bonds. The van der Waals surface area contributed by atoms with Gasteiger partial charge in [0.2, 0.25) is 5.91 Å². The van der Waals surface area contributed by atoms with Crippen molar-refractivity contribution in [2.24, 2.45) is 5.73 Å². The molecule has 0 aromatic heterocycles. The van der Waals surface area contributed by atoms with Crippen LogP contribution in [0, 0.1) is 0 Å². The first-order valence-corrected chi connectivity index (χ1v) is 6.71. The fraction of sp³-hybridized carbons (Fsp3) is 0.900. The van der Waals surface area contributed by atoms with Crippen molar-refractivity contribution in [3.8, 4) is 0 Å². The quantitative estimate of drug-likeness (QED) is 0.718. The Balaban J connectivity index is 2.29. The zero-order chi connectivity index (χ0) is 11.3. The summed E-state index contributed by atoms with van der Waals surface area (Å²) in [6.45, 7) is 2.51. The molecular formula is C10H20N2O2S. The first kappa shape index (κ1) is 12.8. The van der Waals surface area contributed by atoms with Gasteiger partial charge in [0.1, 0.15) is 6.10 Å². The fourth-order valence-electron chi connectivity index (χ4n) is 1.70. The molecule has 15 heavy (non-hydrogen) atoms. The van der Waals surface area contributed by atoms with Crippen molar-refractivity contribution in [1.82, 2.24) is 5.32 Å². The summed E-state index contributed by atoms with van der Waals surface area (Å²) in [5.41, 5.74) is 5.49. The number of carbonyl (C=O) groups is 1. The maximum Gasteiger partial charge on any atom is 0.249 e. The Morgan fingerprint density at radius 2 is 2.40 bits per heavy atom. The highest BCUT2D eigenvalue weighted by Gasteiger charge is 2.30. The van der Waals surface area contributed by atoms with E-state index in [1.807, 2.05) is 13.2 Å². The molecule has 0 spiro atoms. The van der Waals surface area contributed by atoms with E-state index in [0.29, 0.717) is 6.54 Å². The lowest BCUT2D eigenvalue weighted by Gasteiger charge is -2.16. The van der Waals surface area contributed by atoms with Gasteiger partial charge in [-0.15, -0.1) is 0 Å². The maximum absolute atomic E-state index is 11.7. The number of hydrogen-bond donors (Lipinski definition) is 2. The van der Waals surface area contributed by atoms with Gasteiger partial charge in [0.05, 0.1) is 6.10 Å². The first-order chi connectivity index (χ1) is 7.17. The second-order valence-corrected chi connectivity index (χ2v) is 4.84. The summed E-state index contributed by atoms with van der Waals surface area (Å²) in [5, 5.41) is 2.94. The highest BCUT2D eigenvalue weighted by molar-refractivity contribution is 7.98. The molecule has 1 fully saturated rings. The summed E-state index contributed by atoms with van der Waals surface area (Å²) in [6.07, 6.45) is 3.49. The van der Waals surface area contributed by atoms with Gasteiger partial charge in [0, 0.05) is 18.3 Å². The standard InChI is InChI=1S/C10H20N2O2S/c1-7(6-15-2)12-10(13)9-4-3-8(5-11)14-9/h7-9H,3-6,11H2,1-2H3,(H,12,13). The number of hydrogen-bond acceptors (Lipinski definition) is 4. The van der Waals surface area contributed by atoms with Gasteiger partial charge in [0.25, 0.3) is 0 Å². The van der Waals surface area contributed by atoms with E-state index in [2.05, 4.69) is 5.32 Å². The Hall–Kier alpha value is -0.260. The second kappa shape index (κ2) is 6.35. The van der Waals surface area contributed by atoms with Crippen molar-refractivity contribution in [3.05, 3.63) is 0 Å². The Labute approximate surface area is 95.3 Å². The van der Waals surface area contributed by atoms with Crippen LogP contribution in [0.4, 0.5) is 0 Å². The molecule has 0 aliphatic carbocycles. The molecule has 0 bridgehead atoms. The predicted molar refractivity (Wildman–Crippen MR) is 62.9 cm³/mol. The molecule has 3 N–H and O–H groups in total. The molecule has 1 aliphatic heterocycles. The summed E-state index contributed by atoms with van der Waals surface area (Å²) in [4.78, 5) is 11.7. The summed E-state index contributed by atoms with van der Waals surface area (Å²) in [5.74, 6) is 0.936. The Morgan fingerprint density at radius 1 is 1.67 bits per heavy atom. The van der Waals surface area contributed by atoms with Crippen LogP contribution in [0.25, 0.3) is 0 Å². The van der Waals surface area contributed by atoms with Crippen LogP contribution in [0.5, 0.6) is 0 Å². The minimum absolute atomic E-state index is 0.00694. The molecule has 0 aromatic rings. The number of nitrogens with two attached hydrogens (primary N) is 1. The molecule has 3 unspecified atom stereocenters. The number of nitrogens with one attached hydrogen (secondary N) is 1. The number of rotatable bonds is 5. The molecule has 0 aromatic carbocycles. The molecule has 0 radical (unpaired) electrons. The highest BCUT2D eigenvalue weighted by Crippen LogP contribution is 2.18. The van der Waals surface area contributed by atoms with Gasteiger partial charge in [-0.2, -0.15) is 11.8 Å². The van der Waals surface area contributed by atoms with E-state index in [1.54, 1.807) is 11.8 Å². The van der Waals surface area contributed by atoms with E-state index in [-0.39, 0.29) is 24.2 Å². The summed E-state index contributed by atoms with van der Waals surface area (Å²) >= 11 is 1.72. The number of amides is 1. The zero-order valence-electron chi connectivity index (χ0n) is 9.36. The van der Waals surface area contributed by atoms with Crippen LogP contribution in [0.2, 0.25) is 0 Å². The molecule has 1 rings (SSSR count). The lowest BCUT2D eigenvalue weighted by atomic mass is 10.2. The average Bonchev–Trinajstić information content (AvgIpc) is 2.66. The molecule has 88 valence electrons. The number of thioether (sulfide) groups is 1. The number of ether oxygens (including phenoxy) is 1. The first-order valence-electron chi connectivity index (χ1n) is 5.32. The van der Waals surface area contributed by atoms with Crippen molar-refractivity contribution < 1.29 is 9.53 Å². The molecule has 1 aliphatic rings. The predicted octanol–water partition coefficient (Wildman–Crippen LogP) is 0.360. The van der Waals surface area contributed by atoms with Gasteiger partial charge in [-0.3, -0.25) is 4.79 Å². The van der Waals surface area contributed by atoms with Crippen LogP contribution >= 0.6 is 11.8 Å². The van der Waals surface area contributed by atoms with Crippen LogP contribution in [-0.2, 0) is 9.53 Å². The zero-order valence-corrected chi connectivity index (χ0v) is 10.2. The van der Waals surface area contributed by atoms with Gasteiger partial charge < -0.3 is 15.8 Å². The second-order valence-electron chi connectivity index (χ2n) is 3.92. The van der Waals surface area contributed by atoms with Gasteiger partial charge in [-0.05, 0) is 26.0 Å². The van der Waals surface area contributed by atoms with Crippen LogP contribution in [-0.4, -0.2) is 42.7 Å². The minimum atomic E-state index is -0.289. The van der Waals surface area contributed by atoms with Crippen LogP contribution in [0.3, 0.4) is 0 Å². The fourth-order valence-corrected chi connectivity index (χ4v) is 2.28. The summed E-state index contributed by atoms with van der Waals surface area (Å²) in [6, 6.07) is 0.202. The van der Waals surface area contributed by atoms with E-state index >= 15 is 0 Å². The molecule has 4 nitrogen and oxygen atoms in total. The van der Waals surface area contributed by atoms with Gasteiger partial charge >= 0.3 is 0 Å². The van der Waals surface area contributed by atoms with Crippen LogP contribution in [0.15, 0.2) is 0 Å². The normalized spacial score (nSPS) is 27.7. The maximum atomic E-state index is 11.7. The summed E-state index contributed by atoms with van der Waals surface area (Å²) in [7, 11) is 0. The number of carbonyl (C=O) groups excluding carboxylic acids is 1. The van der Waals surface area contributed by atoms with Crippen molar-refractivity contribution in [2.75, 3.05) is 18.6 Å². The van der Waals surface area contributed by atoms with E-state index in [0.717, 1.165) is 18.6 Å². The monoisotopic (exact) mass is 232 g/mol. The van der Waals surface area contributed by atoms with E-state index in [9.17, 15) is 4.79 Å². The Kier molecular flexibility index (Phi) is 5.42. The highest BCUT2D eigenvalue weighted by atomic mass is 32.2. The van der Waals surface area contributed by atoms with Gasteiger partial charge in [0.15, 0.2) is 0 Å². The molecule has 5 heteroatoms. The molecule has 1 heterocycles. The Morgan fingerprint density at radius 3 is 2.93 bits per heavy atom. The Bertz CT molecular complexity index is 214. The molecule has 0 saturated carbocycles. The average molecular weight is 232 g/mol. The van der Waals surface area contributed by atoms with Crippen molar-refractivity contribution in [3.63, 3.8) is 0 Å². The van der Waals surface area contributed by atoms with E-state index < -0.39 is 0 Å². The minimum Gasteiger partial charge on any atom is -0.364 e. The lowest BCUT2D eigenvalue weighted by Crippen LogP contribution is -2.41. The van der Waals surface area contributed by atoms with Crippen LogP contribution in [0.1, 0.15) is 19.8 Å². The third-order valence-electron chi connectivity index (χ3n) is 2.47. The SMILES string of the molecule is CSCC(C)NC(=O)C1CCC(CN)O1. The molecule has 1 saturated heterocycles. The molecule has 3 atom stereocenters. The summed E-state index contributed by atoms with van der Waals surface area (Å²) < 4.78 is 5.51. The van der Waals surface area contributed by atoms with Crippen molar-refractivity contribution in [2.45, 2.75) is 38.0 Å². The third kappa shape index (κ3) is 4.01. The van der Waals surface area contributed by atoms with Crippen molar-refractivity contribution in [1.29, 1.82) is 0 Å². The van der Waals surface area contributed by atoms with E-state index in [4.69, 9.17) is 10.5 Å². The van der Waals surface area contributed by atoms with Crippen molar-refractivity contribution >= 4 is 17.7 Å². The largest absolute Gasteiger partial charge is 0.364 e. The smallest absolute Gasteiger partial charge is 0.249 e. The molecular weight excluding hydrogens is 212 g/mol. The topological polar surface area (TPSA) is 64.4 Å². The lowest BCUT2D eigenvalue weighted by molar-refractivity contribution is -0.132. The van der Waals surface area contributed by atoms with Gasteiger partial charge in [-0.1, -0.05) is 0 Å². The third-order valence-corrected chi connectivity index (χ3v) is 3.30. The van der Waals surface area contributed by atoms with Crippen LogP contribution < -0.4 is 11.1 Å². The van der Waals surface area contributed by atoms with Gasteiger partial charge in [-0.25, -0.2) is 0 Å². The van der Waals surface area contributed by atoms with E-state index in [1.165, 1.54) is 0 Å².